The molecular weight excluding hydrogens is 90.0 g/mol. The van der Waals surface area contributed by atoms with Crippen molar-refractivity contribution in [3.63, 3.8) is 0 Å². The lowest BCUT2D eigenvalue weighted by atomic mass is 10.5. The quantitative estimate of drug-likeness (QED) is 0.465. The topological polar surface area (TPSA) is 17.1 Å². The summed E-state index contributed by atoms with van der Waals surface area (Å²) < 4.78 is 21.4. The Hall–Kier alpha value is -0.470. The molecule has 0 atom stereocenters. The lowest BCUT2D eigenvalue weighted by Crippen LogP contribution is -1.77. The normalized spacial score (nSPS) is 9.17. The van der Waals surface area contributed by atoms with E-state index in [9.17, 15) is 8.78 Å². The second kappa shape index (κ2) is 2.75. The summed E-state index contributed by atoms with van der Waals surface area (Å²) in [6, 6.07) is 0. The molecule has 0 saturated carbocycles. The summed E-state index contributed by atoms with van der Waals surface area (Å²) in [5, 5.41) is 0. The highest BCUT2D eigenvalue weighted by Gasteiger charge is 1.99. The van der Waals surface area contributed by atoms with Crippen LogP contribution >= 0.6 is 0 Å². The number of hydrogen-bond acceptors (Lipinski definition) is 1. The molecule has 0 aromatic rings. The van der Waals surface area contributed by atoms with Gasteiger partial charge >= 0.3 is 6.43 Å². The molecule has 0 aromatic carbocycles. The van der Waals surface area contributed by atoms with Crippen molar-refractivity contribution in [3.8, 4) is 0 Å². The Morgan fingerprint density at radius 1 is 1.67 bits per heavy atom. The number of rotatable bonds is 2. The zero-order valence-corrected chi connectivity index (χ0v) is 2.95. The fraction of sp³-hybridized carbons (Fsp3) is 0.333. The third-order valence-corrected chi connectivity index (χ3v) is 0.238. The summed E-state index contributed by atoms with van der Waals surface area (Å²) in [7, 11) is 0. The predicted octanol–water partition coefficient (Wildman–Crippen LogP) is 1.00. The molecule has 0 spiro atoms. The molecule has 35 valence electrons. The lowest BCUT2D eigenvalue weighted by Gasteiger charge is -1.78. The summed E-state index contributed by atoms with van der Waals surface area (Å²) in [5.41, 5.74) is 0. The Balaban J connectivity index is 2.81. The third kappa shape index (κ3) is 3.53. The van der Waals surface area contributed by atoms with E-state index in [0.717, 1.165) is 0 Å². The Kier molecular flexibility index (Phi) is 2.54. The minimum absolute atomic E-state index is 0.162. The second-order valence-corrected chi connectivity index (χ2v) is 0.709. The first-order valence-corrected chi connectivity index (χ1v) is 1.38. The highest BCUT2D eigenvalue weighted by Crippen LogP contribution is 2.03. The van der Waals surface area contributed by atoms with E-state index in [-0.39, 0.29) is 6.29 Å². The minimum atomic E-state index is -1.83. The van der Waals surface area contributed by atoms with Gasteiger partial charge in [-0.05, 0) is 0 Å². The summed E-state index contributed by atoms with van der Waals surface area (Å²) in [5.74, 6) is 0. The van der Waals surface area contributed by atoms with Crippen LogP contribution in [-0.2, 0) is 4.79 Å². The Bertz CT molecular complexity index is 44.1. The standard InChI is InChI=1S/C3H3F2O/c4-3(5)1-2-6/h2H,1H2. The molecule has 0 N–H and O–H groups in total. The third-order valence-electron chi connectivity index (χ3n) is 0.238. The van der Waals surface area contributed by atoms with Gasteiger partial charge in [0.05, 0.1) is 6.42 Å². The number of carbonyl (C=O) groups is 1. The van der Waals surface area contributed by atoms with E-state index >= 15 is 0 Å². The van der Waals surface area contributed by atoms with Crippen LogP contribution in [0.2, 0.25) is 0 Å². The van der Waals surface area contributed by atoms with Crippen LogP contribution in [0.15, 0.2) is 0 Å². The van der Waals surface area contributed by atoms with Crippen molar-refractivity contribution in [1.29, 1.82) is 0 Å². The van der Waals surface area contributed by atoms with E-state index in [1.165, 1.54) is 0 Å². The number of carbonyl (C=O) groups excluding carboxylic acids is 1. The molecule has 1 radical (unpaired) electrons. The summed E-state index contributed by atoms with van der Waals surface area (Å²) >= 11 is 0. The Morgan fingerprint density at radius 2 is 2.17 bits per heavy atom. The van der Waals surface area contributed by atoms with Crippen LogP contribution in [0.5, 0.6) is 0 Å². The summed E-state index contributed by atoms with van der Waals surface area (Å²) in [4.78, 5) is 9.11. The smallest absolute Gasteiger partial charge is 0.303 e. The van der Waals surface area contributed by atoms with Crippen molar-refractivity contribution in [2.24, 2.45) is 0 Å². The average Bonchev–Trinajstić information content (AvgIpc) is 1.35. The van der Waals surface area contributed by atoms with Gasteiger partial charge in [-0.3, -0.25) is 0 Å². The molecule has 1 nitrogen and oxygen atoms in total. The van der Waals surface area contributed by atoms with Crippen molar-refractivity contribution in [2.75, 3.05) is 0 Å². The van der Waals surface area contributed by atoms with Crippen LogP contribution in [0.25, 0.3) is 0 Å². The van der Waals surface area contributed by atoms with Gasteiger partial charge in [-0.1, -0.05) is 0 Å². The molecule has 0 bridgehead atoms. The molecule has 0 unspecified atom stereocenters. The van der Waals surface area contributed by atoms with Crippen molar-refractivity contribution in [2.45, 2.75) is 6.42 Å². The number of aldehydes is 1. The van der Waals surface area contributed by atoms with Crippen LogP contribution in [0.4, 0.5) is 8.78 Å². The lowest BCUT2D eigenvalue weighted by molar-refractivity contribution is -0.108. The molecular formula is C3H3F2O. The maximum atomic E-state index is 10.7. The SMILES string of the molecule is O=CC[C](F)F. The van der Waals surface area contributed by atoms with Gasteiger partial charge in [0.15, 0.2) is 0 Å². The molecule has 0 fully saturated rings. The monoisotopic (exact) mass is 93.0 g/mol. The first-order chi connectivity index (χ1) is 2.77. The number of halogens is 2. The van der Waals surface area contributed by atoms with E-state index in [2.05, 4.69) is 0 Å². The molecule has 0 heterocycles. The van der Waals surface area contributed by atoms with Gasteiger partial charge in [0.1, 0.15) is 6.29 Å². The van der Waals surface area contributed by atoms with Crippen LogP contribution < -0.4 is 0 Å². The molecule has 0 saturated heterocycles. The summed E-state index contributed by atoms with van der Waals surface area (Å²) in [6.45, 7) is 0. The molecule has 3 heteroatoms. The molecule has 6 heavy (non-hydrogen) atoms. The van der Waals surface area contributed by atoms with E-state index < -0.39 is 12.8 Å². The van der Waals surface area contributed by atoms with Crippen molar-refractivity contribution in [1.82, 2.24) is 0 Å². The Morgan fingerprint density at radius 3 is 2.17 bits per heavy atom. The van der Waals surface area contributed by atoms with Crippen molar-refractivity contribution < 1.29 is 13.6 Å². The van der Waals surface area contributed by atoms with Gasteiger partial charge in [0.25, 0.3) is 0 Å². The molecule has 0 aliphatic rings. The van der Waals surface area contributed by atoms with E-state index in [1.54, 1.807) is 0 Å². The van der Waals surface area contributed by atoms with Gasteiger partial charge in [-0.2, -0.15) is 8.78 Å². The van der Waals surface area contributed by atoms with Crippen molar-refractivity contribution in [3.05, 3.63) is 6.43 Å². The fourth-order valence-electron chi connectivity index (χ4n) is 0.0630. The number of hydrogen-bond donors (Lipinski definition) is 0. The van der Waals surface area contributed by atoms with Gasteiger partial charge in [-0.25, -0.2) is 0 Å². The van der Waals surface area contributed by atoms with Gasteiger partial charge in [0.2, 0.25) is 0 Å². The average molecular weight is 93.1 g/mol. The van der Waals surface area contributed by atoms with Crippen molar-refractivity contribution >= 4 is 6.29 Å². The van der Waals surface area contributed by atoms with Crippen LogP contribution in [0.3, 0.4) is 0 Å². The first-order valence-electron chi connectivity index (χ1n) is 1.38. The molecule has 0 amide bonds. The molecule has 0 rings (SSSR count). The van der Waals surface area contributed by atoms with Gasteiger partial charge in [0, 0.05) is 0 Å². The summed E-state index contributed by atoms with van der Waals surface area (Å²) in [6.07, 6.45) is -2.39. The predicted molar refractivity (Wildman–Crippen MR) is 16.1 cm³/mol. The van der Waals surface area contributed by atoms with Gasteiger partial charge in [-0.15, -0.1) is 0 Å². The zero-order valence-electron chi connectivity index (χ0n) is 2.95. The van der Waals surface area contributed by atoms with E-state index in [0.29, 0.717) is 0 Å². The highest BCUT2D eigenvalue weighted by atomic mass is 19.3. The minimum Gasteiger partial charge on any atom is -0.303 e. The second-order valence-electron chi connectivity index (χ2n) is 0.709. The molecule has 0 aliphatic heterocycles. The largest absolute Gasteiger partial charge is 0.317 e. The molecule has 0 aliphatic carbocycles. The first kappa shape index (κ1) is 5.53. The van der Waals surface area contributed by atoms with Crippen LogP contribution in [0, 0.1) is 6.43 Å². The highest BCUT2D eigenvalue weighted by molar-refractivity contribution is 5.51. The van der Waals surface area contributed by atoms with Crippen LogP contribution in [-0.4, -0.2) is 6.29 Å². The van der Waals surface area contributed by atoms with Gasteiger partial charge < -0.3 is 4.79 Å². The maximum absolute atomic E-state index is 10.7. The fourth-order valence-corrected chi connectivity index (χ4v) is 0.0630. The maximum Gasteiger partial charge on any atom is 0.317 e. The zero-order chi connectivity index (χ0) is 4.99. The molecule has 0 aromatic heterocycles. The van der Waals surface area contributed by atoms with E-state index in [1.807, 2.05) is 0 Å². The Labute approximate surface area is 34.0 Å². The van der Waals surface area contributed by atoms with Crippen LogP contribution in [0.1, 0.15) is 6.42 Å². The van der Waals surface area contributed by atoms with E-state index in [4.69, 9.17) is 4.79 Å².